The topological polar surface area (TPSA) is 63.1 Å². The van der Waals surface area contributed by atoms with Crippen LogP contribution in [0.3, 0.4) is 0 Å². The third kappa shape index (κ3) is 3.65. The van der Waals surface area contributed by atoms with Crippen molar-refractivity contribution >= 4 is 5.91 Å². The van der Waals surface area contributed by atoms with E-state index in [0.717, 1.165) is 23.5 Å². The van der Waals surface area contributed by atoms with Crippen molar-refractivity contribution in [3.63, 3.8) is 0 Å². The fourth-order valence-electron chi connectivity index (χ4n) is 3.30. The Hall–Kier alpha value is -2.99. The molecule has 1 aliphatic heterocycles. The predicted octanol–water partition coefficient (Wildman–Crippen LogP) is 1.81. The van der Waals surface area contributed by atoms with Gasteiger partial charge in [0.05, 0.1) is 23.6 Å². The lowest BCUT2D eigenvalue weighted by atomic mass is 10.0. The quantitative estimate of drug-likeness (QED) is 0.765. The van der Waals surface area contributed by atoms with Crippen molar-refractivity contribution in [3.8, 4) is 5.69 Å². The number of nitrogens with zero attached hydrogens (tertiary/aromatic N) is 4. The van der Waals surface area contributed by atoms with E-state index in [0.29, 0.717) is 19.5 Å². The van der Waals surface area contributed by atoms with Crippen LogP contribution in [0.15, 0.2) is 66.9 Å². The summed E-state index contributed by atoms with van der Waals surface area (Å²) in [5.74, 6) is 0.0792. The number of nitrogens with one attached hydrogen (secondary N) is 1. The Labute approximate surface area is 152 Å². The Balaban J connectivity index is 1.50. The van der Waals surface area contributed by atoms with Crippen molar-refractivity contribution in [3.05, 3.63) is 78.1 Å². The van der Waals surface area contributed by atoms with Crippen LogP contribution in [0.4, 0.5) is 0 Å². The van der Waals surface area contributed by atoms with E-state index in [1.807, 2.05) is 54.7 Å². The molecule has 0 unspecified atom stereocenters. The van der Waals surface area contributed by atoms with Crippen molar-refractivity contribution in [2.75, 3.05) is 13.1 Å². The maximum absolute atomic E-state index is 12.4. The average Bonchev–Trinajstić information content (AvgIpc) is 3.15. The number of amides is 1. The van der Waals surface area contributed by atoms with Gasteiger partial charge >= 0.3 is 0 Å². The number of carbonyl (C=O) groups is 1. The van der Waals surface area contributed by atoms with Gasteiger partial charge in [-0.05, 0) is 24.1 Å². The van der Waals surface area contributed by atoms with Crippen molar-refractivity contribution in [1.82, 2.24) is 25.2 Å². The second-order valence-corrected chi connectivity index (χ2v) is 6.46. The number of piperazine rings is 1. The first kappa shape index (κ1) is 16.5. The molecule has 1 aromatic heterocycles. The van der Waals surface area contributed by atoms with Gasteiger partial charge in [0.2, 0.25) is 5.91 Å². The number of hydrogen-bond donors (Lipinski definition) is 1. The molecule has 2 heterocycles. The SMILES string of the molecule is O=C1NCCN(Cc2cn(-c3ccccc3)nn2)[C@H]1Cc1ccccc1. The fraction of sp³-hybridized carbons (Fsp3) is 0.250. The molecule has 132 valence electrons. The highest BCUT2D eigenvalue weighted by Gasteiger charge is 2.30. The van der Waals surface area contributed by atoms with E-state index in [4.69, 9.17) is 0 Å². The molecule has 6 nitrogen and oxygen atoms in total. The molecule has 0 radical (unpaired) electrons. The van der Waals surface area contributed by atoms with Crippen LogP contribution in [0.5, 0.6) is 0 Å². The molecular formula is C20H21N5O. The van der Waals surface area contributed by atoms with Crippen LogP contribution in [0.2, 0.25) is 0 Å². The molecule has 0 saturated carbocycles. The summed E-state index contributed by atoms with van der Waals surface area (Å²) in [4.78, 5) is 14.6. The van der Waals surface area contributed by atoms with Gasteiger partial charge in [-0.15, -0.1) is 5.10 Å². The third-order valence-corrected chi connectivity index (χ3v) is 4.64. The molecule has 1 N–H and O–H groups in total. The molecule has 1 fully saturated rings. The summed E-state index contributed by atoms with van der Waals surface area (Å²) in [5.41, 5.74) is 3.00. The molecule has 1 atom stereocenters. The number of benzene rings is 2. The monoisotopic (exact) mass is 347 g/mol. The highest BCUT2D eigenvalue weighted by Crippen LogP contribution is 2.15. The summed E-state index contributed by atoms with van der Waals surface area (Å²) < 4.78 is 1.77. The Morgan fingerprint density at radius 3 is 2.54 bits per heavy atom. The Bertz CT molecular complexity index is 862. The minimum atomic E-state index is -0.187. The van der Waals surface area contributed by atoms with Gasteiger partial charge in [0.15, 0.2) is 0 Å². The number of hydrogen-bond acceptors (Lipinski definition) is 4. The second kappa shape index (κ2) is 7.49. The Morgan fingerprint density at radius 1 is 1.04 bits per heavy atom. The van der Waals surface area contributed by atoms with Gasteiger partial charge in [0.25, 0.3) is 0 Å². The summed E-state index contributed by atoms with van der Waals surface area (Å²) in [6.07, 6.45) is 2.63. The molecule has 1 amide bonds. The number of carbonyl (C=O) groups excluding carboxylic acids is 1. The zero-order valence-electron chi connectivity index (χ0n) is 14.5. The normalized spacial score (nSPS) is 17.8. The van der Waals surface area contributed by atoms with Crippen LogP contribution in [-0.4, -0.2) is 44.9 Å². The van der Waals surface area contributed by atoms with Gasteiger partial charge in [-0.3, -0.25) is 9.69 Å². The van der Waals surface area contributed by atoms with Crippen LogP contribution in [-0.2, 0) is 17.8 Å². The van der Waals surface area contributed by atoms with Crippen LogP contribution >= 0.6 is 0 Å². The van der Waals surface area contributed by atoms with Crippen molar-refractivity contribution in [2.45, 2.75) is 19.0 Å². The minimum Gasteiger partial charge on any atom is -0.353 e. The third-order valence-electron chi connectivity index (χ3n) is 4.64. The highest BCUT2D eigenvalue weighted by atomic mass is 16.2. The van der Waals surface area contributed by atoms with Gasteiger partial charge in [0.1, 0.15) is 0 Å². The van der Waals surface area contributed by atoms with E-state index in [1.165, 1.54) is 0 Å². The van der Waals surface area contributed by atoms with E-state index < -0.39 is 0 Å². The standard InChI is InChI=1S/C20H21N5O/c26-20-19(13-16-7-3-1-4-8-16)24(12-11-21-20)14-17-15-25(23-22-17)18-9-5-2-6-10-18/h1-10,15,19H,11-14H2,(H,21,26)/t19-/m0/s1. The molecular weight excluding hydrogens is 326 g/mol. The predicted molar refractivity (Wildman–Crippen MR) is 98.7 cm³/mol. The van der Waals surface area contributed by atoms with Crippen LogP contribution < -0.4 is 5.32 Å². The van der Waals surface area contributed by atoms with Crippen LogP contribution in [0.25, 0.3) is 5.69 Å². The molecule has 3 aromatic rings. The fourth-order valence-corrected chi connectivity index (χ4v) is 3.30. The highest BCUT2D eigenvalue weighted by molar-refractivity contribution is 5.82. The van der Waals surface area contributed by atoms with Crippen molar-refractivity contribution < 1.29 is 4.79 Å². The van der Waals surface area contributed by atoms with Crippen LogP contribution in [0, 0.1) is 0 Å². The minimum absolute atomic E-state index is 0.0792. The first-order valence-electron chi connectivity index (χ1n) is 8.82. The summed E-state index contributed by atoms with van der Waals surface area (Å²) in [7, 11) is 0. The van der Waals surface area contributed by atoms with E-state index in [1.54, 1.807) is 4.68 Å². The van der Waals surface area contributed by atoms with Gasteiger partial charge in [-0.1, -0.05) is 53.7 Å². The zero-order valence-corrected chi connectivity index (χ0v) is 14.5. The zero-order chi connectivity index (χ0) is 17.8. The maximum atomic E-state index is 12.4. The molecule has 0 bridgehead atoms. The average molecular weight is 347 g/mol. The van der Waals surface area contributed by atoms with E-state index in [-0.39, 0.29) is 11.9 Å². The smallest absolute Gasteiger partial charge is 0.237 e. The van der Waals surface area contributed by atoms with E-state index >= 15 is 0 Å². The van der Waals surface area contributed by atoms with Crippen molar-refractivity contribution in [1.29, 1.82) is 0 Å². The molecule has 6 heteroatoms. The van der Waals surface area contributed by atoms with Gasteiger partial charge < -0.3 is 5.32 Å². The van der Waals surface area contributed by atoms with Crippen molar-refractivity contribution in [2.24, 2.45) is 0 Å². The number of rotatable bonds is 5. The lowest BCUT2D eigenvalue weighted by molar-refractivity contribution is -0.129. The van der Waals surface area contributed by atoms with Gasteiger partial charge in [-0.25, -0.2) is 4.68 Å². The molecule has 0 spiro atoms. The molecule has 26 heavy (non-hydrogen) atoms. The lowest BCUT2D eigenvalue weighted by Crippen LogP contribution is -2.55. The Morgan fingerprint density at radius 2 is 1.77 bits per heavy atom. The largest absolute Gasteiger partial charge is 0.353 e. The van der Waals surface area contributed by atoms with E-state index in [2.05, 4.69) is 32.7 Å². The summed E-state index contributed by atoms with van der Waals surface area (Å²) >= 11 is 0. The first-order chi connectivity index (χ1) is 12.8. The summed E-state index contributed by atoms with van der Waals surface area (Å²) in [5, 5.41) is 11.5. The lowest BCUT2D eigenvalue weighted by Gasteiger charge is -2.34. The molecule has 1 aliphatic rings. The molecule has 2 aromatic carbocycles. The van der Waals surface area contributed by atoms with E-state index in [9.17, 15) is 4.79 Å². The molecule has 4 rings (SSSR count). The summed E-state index contributed by atoms with van der Waals surface area (Å²) in [6.45, 7) is 2.08. The molecule has 0 aliphatic carbocycles. The maximum Gasteiger partial charge on any atom is 0.237 e. The van der Waals surface area contributed by atoms with Gasteiger partial charge in [0, 0.05) is 19.6 Å². The molecule has 1 saturated heterocycles. The first-order valence-corrected chi connectivity index (χ1v) is 8.82. The number of para-hydroxylation sites is 1. The van der Waals surface area contributed by atoms with Crippen LogP contribution in [0.1, 0.15) is 11.3 Å². The van der Waals surface area contributed by atoms with Gasteiger partial charge in [-0.2, -0.15) is 0 Å². The Kier molecular flexibility index (Phi) is 4.75. The second-order valence-electron chi connectivity index (χ2n) is 6.46. The number of aromatic nitrogens is 3. The summed E-state index contributed by atoms with van der Waals surface area (Å²) in [6, 6.07) is 19.8.